The molecule has 0 spiro atoms. The Balaban J connectivity index is 1.89. The lowest BCUT2D eigenvalue weighted by Crippen LogP contribution is -2.18. The zero-order valence-electron chi connectivity index (χ0n) is 15.3. The van der Waals surface area contributed by atoms with Crippen LogP contribution in [0.4, 0.5) is 27.6 Å². The molecule has 31 heavy (non-hydrogen) atoms. The number of hydrogen-bond acceptors (Lipinski definition) is 4. The lowest BCUT2D eigenvalue weighted by Gasteiger charge is -2.12. The average Bonchev–Trinajstić information content (AvgIpc) is 3.10. The first-order valence-electron chi connectivity index (χ1n) is 8.37. The molecular formula is C18H13F5N4O3S. The normalized spacial score (nSPS) is 12.1. The van der Waals surface area contributed by atoms with Gasteiger partial charge in [-0.25, -0.2) is 27.0 Å². The fourth-order valence-corrected chi connectivity index (χ4v) is 3.46. The fourth-order valence-electron chi connectivity index (χ4n) is 2.71. The molecule has 1 heterocycles. The second kappa shape index (κ2) is 8.07. The number of amides is 1. The van der Waals surface area contributed by atoms with Crippen molar-refractivity contribution < 1.29 is 35.2 Å². The van der Waals surface area contributed by atoms with Crippen LogP contribution in [0.3, 0.4) is 0 Å². The third-order valence-corrected chi connectivity index (χ3v) is 4.93. The van der Waals surface area contributed by atoms with Gasteiger partial charge in [-0.1, -0.05) is 0 Å². The van der Waals surface area contributed by atoms with Crippen LogP contribution in [0.15, 0.2) is 53.7 Å². The highest BCUT2D eigenvalue weighted by atomic mass is 32.2. The van der Waals surface area contributed by atoms with Crippen molar-refractivity contribution in [1.82, 2.24) is 9.78 Å². The minimum absolute atomic E-state index is 0.0366. The van der Waals surface area contributed by atoms with E-state index in [0.717, 1.165) is 24.3 Å². The van der Waals surface area contributed by atoms with Crippen molar-refractivity contribution in [3.8, 4) is 5.69 Å². The van der Waals surface area contributed by atoms with Crippen molar-refractivity contribution in [2.24, 2.45) is 5.14 Å². The molecule has 0 radical (unpaired) electrons. The number of nitrogens with two attached hydrogens (primary N) is 1. The van der Waals surface area contributed by atoms with Gasteiger partial charge in [0.1, 0.15) is 16.5 Å². The van der Waals surface area contributed by atoms with Crippen LogP contribution in [0.5, 0.6) is 0 Å². The van der Waals surface area contributed by atoms with E-state index in [-0.39, 0.29) is 16.9 Å². The standard InChI is InChI=1S/C18H13F5N4O3S/c19-12-3-10(4-13(20)6-12)5-17(28)26-14-1-2-15(16(7-14)31(24,29)30)27-9-11(8-25-27)18(21,22)23/h1-4,6-9H,5H2,(H,26,28)(H2,24,29,30). The van der Waals surface area contributed by atoms with Gasteiger partial charge in [-0.2, -0.15) is 18.3 Å². The highest BCUT2D eigenvalue weighted by Gasteiger charge is 2.32. The molecule has 3 N–H and O–H groups in total. The number of halogens is 5. The summed E-state index contributed by atoms with van der Waals surface area (Å²) in [5.41, 5.74) is -1.40. The summed E-state index contributed by atoms with van der Waals surface area (Å²) in [5, 5.41) is 11.0. The molecule has 13 heteroatoms. The number of primary sulfonamides is 1. The summed E-state index contributed by atoms with van der Waals surface area (Å²) in [6.45, 7) is 0. The zero-order chi connectivity index (χ0) is 23.0. The number of nitrogens with zero attached hydrogens (tertiary/aromatic N) is 2. The van der Waals surface area contributed by atoms with Crippen LogP contribution in [0.25, 0.3) is 5.69 Å². The van der Waals surface area contributed by atoms with Gasteiger partial charge in [0.05, 0.1) is 23.9 Å². The van der Waals surface area contributed by atoms with Crippen molar-refractivity contribution in [2.75, 3.05) is 5.32 Å². The lowest BCUT2D eigenvalue weighted by molar-refractivity contribution is -0.137. The zero-order valence-corrected chi connectivity index (χ0v) is 16.1. The number of benzene rings is 2. The maximum atomic E-state index is 13.2. The molecule has 0 saturated heterocycles. The van der Waals surface area contributed by atoms with Crippen molar-refractivity contribution in [1.29, 1.82) is 0 Å². The third kappa shape index (κ3) is 5.44. The van der Waals surface area contributed by atoms with E-state index in [9.17, 15) is 35.2 Å². The van der Waals surface area contributed by atoms with E-state index in [0.29, 0.717) is 23.1 Å². The number of carbonyl (C=O) groups is 1. The molecule has 164 valence electrons. The van der Waals surface area contributed by atoms with Gasteiger partial charge < -0.3 is 5.32 Å². The monoisotopic (exact) mass is 460 g/mol. The molecule has 0 aliphatic rings. The maximum Gasteiger partial charge on any atom is 0.419 e. The molecule has 0 fully saturated rings. The maximum absolute atomic E-state index is 13.2. The smallest absolute Gasteiger partial charge is 0.326 e. The Bertz CT molecular complexity index is 1240. The predicted molar refractivity (Wildman–Crippen MR) is 98.6 cm³/mol. The van der Waals surface area contributed by atoms with E-state index in [2.05, 4.69) is 10.4 Å². The summed E-state index contributed by atoms with van der Waals surface area (Å²) in [6, 6.07) is 5.80. The molecule has 0 saturated carbocycles. The molecule has 0 unspecified atom stereocenters. The number of nitrogens with one attached hydrogen (secondary N) is 1. The summed E-state index contributed by atoms with van der Waals surface area (Å²) < 4.78 is 89.5. The van der Waals surface area contributed by atoms with Gasteiger partial charge in [0.2, 0.25) is 15.9 Å². The number of aromatic nitrogens is 2. The molecule has 7 nitrogen and oxygen atoms in total. The average molecular weight is 460 g/mol. The topological polar surface area (TPSA) is 107 Å². The van der Waals surface area contributed by atoms with Crippen LogP contribution < -0.4 is 10.5 Å². The number of sulfonamides is 1. The lowest BCUT2D eigenvalue weighted by atomic mass is 10.1. The Morgan fingerprint density at radius 3 is 2.29 bits per heavy atom. The van der Waals surface area contributed by atoms with Gasteiger partial charge in [0.25, 0.3) is 0 Å². The summed E-state index contributed by atoms with van der Waals surface area (Å²) in [6.07, 6.45) is -4.01. The van der Waals surface area contributed by atoms with Crippen molar-refractivity contribution in [3.63, 3.8) is 0 Å². The van der Waals surface area contributed by atoms with Crippen molar-refractivity contribution in [2.45, 2.75) is 17.5 Å². The Labute approximate surface area is 172 Å². The van der Waals surface area contributed by atoms with E-state index in [1.807, 2.05) is 0 Å². The molecule has 0 aliphatic heterocycles. The molecule has 0 atom stereocenters. The van der Waals surface area contributed by atoms with E-state index in [1.54, 1.807) is 0 Å². The first kappa shape index (κ1) is 22.4. The fraction of sp³-hybridized carbons (Fsp3) is 0.111. The Kier molecular flexibility index (Phi) is 5.83. The minimum Gasteiger partial charge on any atom is -0.326 e. The van der Waals surface area contributed by atoms with Gasteiger partial charge in [0.15, 0.2) is 0 Å². The van der Waals surface area contributed by atoms with Crippen LogP contribution >= 0.6 is 0 Å². The second-order valence-electron chi connectivity index (χ2n) is 6.40. The summed E-state index contributed by atoms with van der Waals surface area (Å²) in [7, 11) is -4.43. The van der Waals surface area contributed by atoms with Gasteiger partial charge in [-0.05, 0) is 35.9 Å². The SMILES string of the molecule is NS(=O)(=O)c1cc(NC(=O)Cc2cc(F)cc(F)c2)ccc1-n1cc(C(F)(F)F)cn1. The minimum atomic E-state index is -4.69. The molecule has 0 aliphatic carbocycles. The molecule has 1 aromatic heterocycles. The van der Waals surface area contributed by atoms with E-state index in [1.165, 1.54) is 6.07 Å². The number of alkyl halides is 3. The van der Waals surface area contributed by atoms with Crippen molar-refractivity contribution >= 4 is 21.6 Å². The highest BCUT2D eigenvalue weighted by molar-refractivity contribution is 7.89. The molecule has 3 rings (SSSR count). The van der Waals surface area contributed by atoms with Crippen LogP contribution in [0.2, 0.25) is 0 Å². The van der Waals surface area contributed by atoms with Crippen molar-refractivity contribution in [3.05, 3.63) is 71.6 Å². The largest absolute Gasteiger partial charge is 0.419 e. The van der Waals surface area contributed by atoms with Crippen LogP contribution in [-0.2, 0) is 27.4 Å². The highest BCUT2D eigenvalue weighted by Crippen LogP contribution is 2.30. The van der Waals surface area contributed by atoms with Crippen LogP contribution in [-0.4, -0.2) is 24.1 Å². The Hall–Kier alpha value is -3.32. The summed E-state index contributed by atoms with van der Waals surface area (Å²) in [4.78, 5) is 11.6. The summed E-state index contributed by atoms with van der Waals surface area (Å²) in [5.74, 6) is -2.47. The molecule has 1 amide bonds. The van der Waals surface area contributed by atoms with Gasteiger partial charge in [0, 0.05) is 18.0 Å². The molecular weight excluding hydrogens is 447 g/mol. The van der Waals surface area contributed by atoms with E-state index in [4.69, 9.17) is 5.14 Å². The number of carbonyl (C=O) groups excluding carboxylic acids is 1. The molecule has 3 aromatic rings. The second-order valence-corrected chi connectivity index (χ2v) is 7.93. The Morgan fingerprint density at radius 2 is 1.74 bits per heavy atom. The van der Waals surface area contributed by atoms with Crippen LogP contribution in [0, 0.1) is 11.6 Å². The quantitative estimate of drug-likeness (QED) is 0.571. The summed E-state index contributed by atoms with van der Waals surface area (Å²) >= 11 is 0. The molecule has 0 bridgehead atoms. The predicted octanol–water partition coefficient (Wildman–Crippen LogP) is 3.00. The third-order valence-electron chi connectivity index (χ3n) is 3.99. The van der Waals surface area contributed by atoms with E-state index >= 15 is 0 Å². The molecule has 2 aromatic carbocycles. The van der Waals surface area contributed by atoms with Gasteiger partial charge in [-0.3, -0.25) is 4.79 Å². The Morgan fingerprint density at radius 1 is 1.10 bits per heavy atom. The number of rotatable bonds is 5. The van der Waals surface area contributed by atoms with E-state index < -0.39 is 50.6 Å². The van der Waals surface area contributed by atoms with Gasteiger partial charge in [-0.15, -0.1) is 0 Å². The first-order chi connectivity index (χ1) is 14.3. The number of hydrogen-bond donors (Lipinski definition) is 2. The number of anilines is 1. The first-order valence-corrected chi connectivity index (χ1v) is 9.91. The van der Waals surface area contributed by atoms with Crippen LogP contribution in [0.1, 0.15) is 11.1 Å². The van der Waals surface area contributed by atoms with Gasteiger partial charge >= 0.3 is 6.18 Å².